The normalized spacial score (nSPS) is 12.2. The molecule has 0 spiro atoms. The standard InChI is InChI=1S/C11H6F3NO4/c12-11(13,14)19-7-3-1-2-6-10(7)15-8(18-6)4-5-9(16)17/h1-5H,(H,16,17)/b5-4+. The van der Waals surface area contributed by atoms with Crippen LogP contribution in [-0.2, 0) is 4.79 Å². The molecule has 100 valence electrons. The first-order chi connectivity index (χ1) is 8.85. The molecule has 0 aliphatic carbocycles. The highest BCUT2D eigenvalue weighted by Gasteiger charge is 2.32. The zero-order chi connectivity index (χ0) is 14.0. The monoisotopic (exact) mass is 273 g/mol. The number of para-hydroxylation sites is 1. The van der Waals surface area contributed by atoms with E-state index in [1.54, 1.807) is 0 Å². The molecule has 0 atom stereocenters. The summed E-state index contributed by atoms with van der Waals surface area (Å²) in [4.78, 5) is 14.0. The Balaban J connectivity index is 2.42. The number of ether oxygens (including phenoxy) is 1. The molecule has 0 saturated heterocycles. The lowest BCUT2D eigenvalue weighted by Gasteiger charge is -2.07. The molecular weight excluding hydrogens is 267 g/mol. The minimum Gasteiger partial charge on any atom is -0.478 e. The van der Waals surface area contributed by atoms with Crippen LogP contribution in [0.5, 0.6) is 5.75 Å². The van der Waals surface area contributed by atoms with Gasteiger partial charge in [0, 0.05) is 12.2 Å². The van der Waals surface area contributed by atoms with Crippen molar-refractivity contribution in [1.82, 2.24) is 4.98 Å². The van der Waals surface area contributed by atoms with E-state index in [4.69, 9.17) is 9.52 Å². The summed E-state index contributed by atoms with van der Waals surface area (Å²) in [5.41, 5.74) is -0.0725. The van der Waals surface area contributed by atoms with Gasteiger partial charge in [-0.3, -0.25) is 0 Å². The topological polar surface area (TPSA) is 72.6 Å². The Hall–Kier alpha value is -2.51. The van der Waals surface area contributed by atoms with Crippen LogP contribution in [0.2, 0.25) is 0 Å². The second-order valence-electron chi connectivity index (χ2n) is 3.37. The summed E-state index contributed by atoms with van der Waals surface area (Å²) >= 11 is 0. The van der Waals surface area contributed by atoms with Gasteiger partial charge >= 0.3 is 12.3 Å². The Labute approximate surface area is 103 Å². The quantitative estimate of drug-likeness (QED) is 0.870. The van der Waals surface area contributed by atoms with Crippen molar-refractivity contribution in [3.63, 3.8) is 0 Å². The first-order valence-corrected chi connectivity index (χ1v) is 4.91. The molecule has 0 aliphatic heterocycles. The first-order valence-electron chi connectivity index (χ1n) is 4.91. The number of oxazole rings is 1. The van der Waals surface area contributed by atoms with Crippen LogP contribution in [0.4, 0.5) is 13.2 Å². The Morgan fingerprint density at radius 1 is 1.42 bits per heavy atom. The maximum absolute atomic E-state index is 12.2. The van der Waals surface area contributed by atoms with Crippen LogP contribution in [0.25, 0.3) is 17.2 Å². The molecule has 0 amide bonds. The molecule has 1 N–H and O–H groups in total. The lowest BCUT2D eigenvalue weighted by molar-refractivity contribution is -0.274. The molecule has 1 aromatic carbocycles. The first kappa shape index (κ1) is 12.9. The molecule has 5 nitrogen and oxygen atoms in total. The highest BCUT2D eigenvalue weighted by atomic mass is 19.4. The van der Waals surface area contributed by atoms with Gasteiger partial charge in [0.15, 0.2) is 16.8 Å². The van der Waals surface area contributed by atoms with Crippen LogP contribution in [0.15, 0.2) is 28.7 Å². The summed E-state index contributed by atoms with van der Waals surface area (Å²) < 4.78 is 45.3. The summed E-state index contributed by atoms with van der Waals surface area (Å²) in [6.07, 6.45) is -3.06. The van der Waals surface area contributed by atoms with Gasteiger partial charge in [-0.1, -0.05) is 6.07 Å². The van der Waals surface area contributed by atoms with Gasteiger partial charge in [-0.25, -0.2) is 9.78 Å². The van der Waals surface area contributed by atoms with Crippen LogP contribution in [0.1, 0.15) is 5.89 Å². The molecule has 8 heteroatoms. The van der Waals surface area contributed by atoms with Crippen molar-refractivity contribution in [1.29, 1.82) is 0 Å². The average Bonchev–Trinajstić information content (AvgIpc) is 2.68. The smallest absolute Gasteiger partial charge is 0.478 e. The molecule has 1 aromatic heterocycles. The fourth-order valence-corrected chi connectivity index (χ4v) is 1.36. The summed E-state index contributed by atoms with van der Waals surface area (Å²) in [6, 6.07) is 3.78. The van der Waals surface area contributed by atoms with E-state index in [1.165, 1.54) is 12.1 Å². The van der Waals surface area contributed by atoms with Gasteiger partial charge in [-0.2, -0.15) is 0 Å². The zero-order valence-corrected chi connectivity index (χ0v) is 9.14. The number of rotatable bonds is 3. The summed E-state index contributed by atoms with van der Waals surface area (Å²) in [7, 11) is 0. The Morgan fingerprint density at radius 3 is 2.79 bits per heavy atom. The number of hydrogen-bond donors (Lipinski definition) is 1. The van der Waals surface area contributed by atoms with Crippen molar-refractivity contribution in [2.24, 2.45) is 0 Å². The van der Waals surface area contributed by atoms with Crippen molar-refractivity contribution in [3.05, 3.63) is 30.2 Å². The predicted octanol–water partition coefficient (Wildman–Crippen LogP) is 2.82. The summed E-state index contributed by atoms with van der Waals surface area (Å²) in [6.45, 7) is 0. The third-order valence-electron chi connectivity index (χ3n) is 1.99. The van der Waals surface area contributed by atoms with E-state index in [1.807, 2.05) is 0 Å². The SMILES string of the molecule is O=C(O)/C=C/c1nc2c(OC(F)(F)F)cccc2o1. The minimum absolute atomic E-state index is 0.0618. The maximum Gasteiger partial charge on any atom is 0.573 e. The lowest BCUT2D eigenvalue weighted by atomic mass is 10.3. The highest BCUT2D eigenvalue weighted by Crippen LogP contribution is 2.30. The lowest BCUT2D eigenvalue weighted by Crippen LogP contribution is -2.17. The number of carbonyl (C=O) groups is 1. The van der Waals surface area contributed by atoms with E-state index in [9.17, 15) is 18.0 Å². The van der Waals surface area contributed by atoms with Crippen LogP contribution in [0.3, 0.4) is 0 Å². The second kappa shape index (κ2) is 4.63. The predicted molar refractivity (Wildman–Crippen MR) is 57.4 cm³/mol. The number of aliphatic carboxylic acids is 1. The fraction of sp³-hybridized carbons (Fsp3) is 0.0909. The van der Waals surface area contributed by atoms with E-state index in [2.05, 4.69) is 9.72 Å². The van der Waals surface area contributed by atoms with Gasteiger partial charge in [-0.05, 0) is 12.1 Å². The van der Waals surface area contributed by atoms with Gasteiger partial charge in [-0.15, -0.1) is 13.2 Å². The Morgan fingerprint density at radius 2 is 2.16 bits per heavy atom. The number of hydrogen-bond acceptors (Lipinski definition) is 4. The molecule has 19 heavy (non-hydrogen) atoms. The van der Waals surface area contributed by atoms with Crippen molar-refractivity contribution >= 4 is 23.1 Å². The number of carboxylic acid groups (broad SMARTS) is 1. The van der Waals surface area contributed by atoms with Crippen LogP contribution in [0, 0.1) is 0 Å². The zero-order valence-electron chi connectivity index (χ0n) is 9.14. The largest absolute Gasteiger partial charge is 0.573 e. The molecule has 0 bridgehead atoms. The molecule has 2 aromatic rings. The minimum atomic E-state index is -4.84. The van der Waals surface area contributed by atoms with Crippen molar-refractivity contribution in [3.8, 4) is 5.75 Å². The summed E-state index contributed by atoms with van der Waals surface area (Å²) in [5, 5.41) is 8.43. The van der Waals surface area contributed by atoms with Crippen LogP contribution < -0.4 is 4.74 Å². The second-order valence-corrected chi connectivity index (χ2v) is 3.37. The van der Waals surface area contributed by atoms with Crippen LogP contribution >= 0.6 is 0 Å². The molecule has 0 radical (unpaired) electrons. The maximum atomic E-state index is 12.2. The Kier molecular flexibility index (Phi) is 3.16. The van der Waals surface area contributed by atoms with Crippen LogP contribution in [-0.4, -0.2) is 22.4 Å². The number of benzene rings is 1. The molecule has 1 heterocycles. The molecule has 0 saturated carbocycles. The number of halogens is 3. The summed E-state index contributed by atoms with van der Waals surface area (Å²) in [5.74, 6) is -1.87. The Bertz CT molecular complexity index is 645. The van der Waals surface area contributed by atoms with Gasteiger partial charge in [0.2, 0.25) is 5.89 Å². The molecule has 0 aliphatic rings. The van der Waals surface area contributed by atoms with E-state index in [0.29, 0.717) is 0 Å². The van der Waals surface area contributed by atoms with Crippen molar-refractivity contribution in [2.45, 2.75) is 6.36 Å². The number of fused-ring (bicyclic) bond motifs is 1. The van der Waals surface area contributed by atoms with Gasteiger partial charge in [0.25, 0.3) is 0 Å². The molecule has 0 unspecified atom stereocenters. The average molecular weight is 273 g/mol. The third-order valence-corrected chi connectivity index (χ3v) is 1.99. The molecule has 2 rings (SSSR count). The molecule has 0 fully saturated rings. The van der Waals surface area contributed by atoms with Crippen molar-refractivity contribution in [2.75, 3.05) is 0 Å². The third kappa shape index (κ3) is 3.24. The van der Waals surface area contributed by atoms with Gasteiger partial charge < -0.3 is 14.3 Å². The number of aromatic nitrogens is 1. The van der Waals surface area contributed by atoms with E-state index in [-0.39, 0.29) is 17.0 Å². The van der Waals surface area contributed by atoms with E-state index < -0.39 is 18.1 Å². The fourth-order valence-electron chi connectivity index (χ4n) is 1.36. The number of carboxylic acids is 1. The number of nitrogens with zero attached hydrogens (tertiary/aromatic N) is 1. The molecular formula is C11H6F3NO4. The van der Waals surface area contributed by atoms with Gasteiger partial charge in [0.05, 0.1) is 0 Å². The van der Waals surface area contributed by atoms with E-state index >= 15 is 0 Å². The number of alkyl halides is 3. The van der Waals surface area contributed by atoms with Crippen molar-refractivity contribution < 1.29 is 32.2 Å². The van der Waals surface area contributed by atoms with E-state index in [0.717, 1.165) is 18.2 Å². The highest BCUT2D eigenvalue weighted by molar-refractivity contribution is 5.86. The van der Waals surface area contributed by atoms with Gasteiger partial charge in [0.1, 0.15) is 0 Å².